The number of ether oxygens (including phenoxy) is 1. The maximum absolute atomic E-state index is 11.4. The molecule has 0 aromatic heterocycles. The molecule has 0 fully saturated rings. The number of anilines is 1. The van der Waals surface area contributed by atoms with E-state index in [9.17, 15) is 4.79 Å². The first-order valence-corrected chi connectivity index (χ1v) is 6.51. The van der Waals surface area contributed by atoms with Crippen molar-refractivity contribution in [2.75, 3.05) is 18.5 Å². The highest BCUT2D eigenvalue weighted by atomic mass is 79.9. The van der Waals surface area contributed by atoms with E-state index in [4.69, 9.17) is 4.74 Å². The summed E-state index contributed by atoms with van der Waals surface area (Å²) in [5.74, 6) is -0.305. The Hall–Kier alpha value is -1.03. The standard InChI is InChI=1S/C13H18BrNO2/c1-4-17-13(16)9(2)8-15-12-7-5-6-11(14)10(12)3/h5-7,9,15H,4,8H2,1-3H3. The maximum atomic E-state index is 11.4. The number of carbonyl (C=O) groups excluding carboxylic acids is 1. The van der Waals surface area contributed by atoms with Crippen molar-refractivity contribution in [1.82, 2.24) is 0 Å². The molecule has 1 N–H and O–H groups in total. The Labute approximate surface area is 111 Å². The van der Waals surface area contributed by atoms with Crippen molar-refractivity contribution in [2.45, 2.75) is 20.8 Å². The van der Waals surface area contributed by atoms with Crippen LogP contribution in [-0.4, -0.2) is 19.1 Å². The van der Waals surface area contributed by atoms with Crippen molar-refractivity contribution >= 4 is 27.6 Å². The molecule has 1 rings (SSSR count). The van der Waals surface area contributed by atoms with Gasteiger partial charge in [-0.1, -0.05) is 28.9 Å². The van der Waals surface area contributed by atoms with Gasteiger partial charge in [-0.15, -0.1) is 0 Å². The second kappa shape index (κ2) is 6.64. The summed E-state index contributed by atoms with van der Waals surface area (Å²) in [6.07, 6.45) is 0. The van der Waals surface area contributed by atoms with Crippen LogP contribution < -0.4 is 5.32 Å². The third kappa shape index (κ3) is 4.04. The fraction of sp³-hybridized carbons (Fsp3) is 0.462. The summed E-state index contributed by atoms with van der Waals surface area (Å²) in [4.78, 5) is 11.4. The summed E-state index contributed by atoms with van der Waals surface area (Å²) < 4.78 is 6.02. The first-order valence-electron chi connectivity index (χ1n) is 5.71. The molecule has 94 valence electrons. The van der Waals surface area contributed by atoms with Crippen molar-refractivity contribution < 1.29 is 9.53 Å². The lowest BCUT2D eigenvalue weighted by Gasteiger charge is -2.14. The molecular weight excluding hydrogens is 282 g/mol. The third-order valence-electron chi connectivity index (χ3n) is 2.56. The smallest absolute Gasteiger partial charge is 0.310 e. The number of halogens is 1. The summed E-state index contributed by atoms with van der Waals surface area (Å²) >= 11 is 3.48. The topological polar surface area (TPSA) is 38.3 Å². The second-order valence-electron chi connectivity index (χ2n) is 3.95. The number of nitrogens with one attached hydrogen (secondary N) is 1. The van der Waals surface area contributed by atoms with Gasteiger partial charge in [-0.3, -0.25) is 4.79 Å². The number of benzene rings is 1. The average molecular weight is 300 g/mol. The zero-order chi connectivity index (χ0) is 12.8. The Morgan fingerprint density at radius 3 is 2.88 bits per heavy atom. The number of esters is 1. The molecular formula is C13H18BrNO2. The number of hydrogen-bond donors (Lipinski definition) is 1. The number of hydrogen-bond acceptors (Lipinski definition) is 3. The van der Waals surface area contributed by atoms with Crippen LogP contribution in [0.4, 0.5) is 5.69 Å². The molecule has 1 unspecified atom stereocenters. The Bertz CT molecular complexity index is 393. The summed E-state index contributed by atoms with van der Waals surface area (Å²) in [6, 6.07) is 5.96. The molecule has 0 amide bonds. The molecule has 0 heterocycles. The minimum atomic E-state index is -0.160. The van der Waals surface area contributed by atoms with Crippen LogP contribution in [0.1, 0.15) is 19.4 Å². The molecule has 1 aromatic carbocycles. The van der Waals surface area contributed by atoms with Gasteiger partial charge < -0.3 is 10.1 Å². The van der Waals surface area contributed by atoms with Gasteiger partial charge in [0.15, 0.2) is 0 Å². The Balaban J connectivity index is 2.56. The monoisotopic (exact) mass is 299 g/mol. The summed E-state index contributed by atoms with van der Waals surface area (Å²) in [6.45, 7) is 6.71. The predicted octanol–water partition coefficient (Wildman–Crippen LogP) is 3.37. The van der Waals surface area contributed by atoms with Crippen molar-refractivity contribution in [1.29, 1.82) is 0 Å². The molecule has 4 heteroatoms. The van der Waals surface area contributed by atoms with Gasteiger partial charge in [-0.2, -0.15) is 0 Å². The molecule has 0 bridgehead atoms. The first-order chi connectivity index (χ1) is 8.06. The van der Waals surface area contributed by atoms with E-state index in [0.717, 1.165) is 15.7 Å². The molecule has 3 nitrogen and oxygen atoms in total. The predicted molar refractivity (Wildman–Crippen MR) is 73.2 cm³/mol. The molecule has 0 aliphatic heterocycles. The summed E-state index contributed by atoms with van der Waals surface area (Å²) in [5.41, 5.74) is 2.18. The van der Waals surface area contributed by atoms with Crippen LogP contribution in [0, 0.1) is 12.8 Å². The van der Waals surface area contributed by atoms with E-state index in [0.29, 0.717) is 13.2 Å². The van der Waals surface area contributed by atoms with Crippen molar-refractivity contribution in [2.24, 2.45) is 5.92 Å². The Kier molecular flexibility index (Phi) is 5.48. The molecule has 1 aromatic rings. The van der Waals surface area contributed by atoms with E-state index in [1.807, 2.05) is 39.0 Å². The molecule has 0 aliphatic rings. The van der Waals surface area contributed by atoms with Crippen LogP contribution in [0.15, 0.2) is 22.7 Å². The number of rotatable bonds is 5. The molecule has 0 radical (unpaired) electrons. The highest BCUT2D eigenvalue weighted by Crippen LogP contribution is 2.23. The van der Waals surface area contributed by atoms with Crippen LogP contribution in [0.3, 0.4) is 0 Å². The minimum absolute atomic E-state index is 0.145. The molecule has 17 heavy (non-hydrogen) atoms. The van der Waals surface area contributed by atoms with E-state index in [-0.39, 0.29) is 11.9 Å². The summed E-state index contributed by atoms with van der Waals surface area (Å²) in [7, 11) is 0. The van der Waals surface area contributed by atoms with Crippen LogP contribution in [0.2, 0.25) is 0 Å². The number of carbonyl (C=O) groups is 1. The zero-order valence-electron chi connectivity index (χ0n) is 10.4. The van der Waals surface area contributed by atoms with E-state index in [1.54, 1.807) is 0 Å². The van der Waals surface area contributed by atoms with Crippen LogP contribution in [0.5, 0.6) is 0 Å². The van der Waals surface area contributed by atoms with E-state index in [2.05, 4.69) is 21.2 Å². The van der Waals surface area contributed by atoms with Crippen molar-refractivity contribution in [3.8, 4) is 0 Å². The van der Waals surface area contributed by atoms with Crippen molar-refractivity contribution in [3.63, 3.8) is 0 Å². The van der Waals surface area contributed by atoms with Crippen LogP contribution >= 0.6 is 15.9 Å². The largest absolute Gasteiger partial charge is 0.466 e. The molecule has 0 aliphatic carbocycles. The van der Waals surface area contributed by atoms with E-state index >= 15 is 0 Å². The SMILES string of the molecule is CCOC(=O)C(C)CNc1cccc(Br)c1C. The van der Waals surface area contributed by atoms with Gasteiger partial charge in [0.05, 0.1) is 12.5 Å². The van der Waals surface area contributed by atoms with Gasteiger partial charge in [-0.25, -0.2) is 0 Å². The molecule has 1 atom stereocenters. The van der Waals surface area contributed by atoms with Gasteiger partial charge in [0.2, 0.25) is 0 Å². The lowest BCUT2D eigenvalue weighted by molar-refractivity contribution is -0.146. The molecule has 0 saturated heterocycles. The fourth-order valence-corrected chi connectivity index (χ4v) is 1.80. The Morgan fingerprint density at radius 1 is 1.53 bits per heavy atom. The molecule has 0 saturated carbocycles. The van der Waals surface area contributed by atoms with E-state index in [1.165, 1.54) is 0 Å². The average Bonchev–Trinajstić information content (AvgIpc) is 2.31. The van der Waals surface area contributed by atoms with Crippen LogP contribution in [-0.2, 0) is 9.53 Å². The van der Waals surface area contributed by atoms with Gasteiger partial charge >= 0.3 is 5.97 Å². The van der Waals surface area contributed by atoms with E-state index < -0.39 is 0 Å². The van der Waals surface area contributed by atoms with Gasteiger partial charge in [0.1, 0.15) is 0 Å². The normalized spacial score (nSPS) is 12.0. The second-order valence-corrected chi connectivity index (χ2v) is 4.80. The fourth-order valence-electron chi connectivity index (χ4n) is 1.43. The first kappa shape index (κ1) is 14.0. The third-order valence-corrected chi connectivity index (χ3v) is 3.41. The highest BCUT2D eigenvalue weighted by Gasteiger charge is 2.13. The maximum Gasteiger partial charge on any atom is 0.310 e. The van der Waals surface area contributed by atoms with Gasteiger partial charge in [-0.05, 0) is 31.5 Å². The molecule has 0 spiro atoms. The minimum Gasteiger partial charge on any atom is -0.466 e. The highest BCUT2D eigenvalue weighted by molar-refractivity contribution is 9.10. The Morgan fingerprint density at radius 2 is 2.24 bits per heavy atom. The quantitative estimate of drug-likeness (QED) is 0.847. The summed E-state index contributed by atoms with van der Waals surface area (Å²) in [5, 5.41) is 3.26. The van der Waals surface area contributed by atoms with Gasteiger partial charge in [0, 0.05) is 16.7 Å². The van der Waals surface area contributed by atoms with Crippen LogP contribution in [0.25, 0.3) is 0 Å². The zero-order valence-corrected chi connectivity index (χ0v) is 12.0. The van der Waals surface area contributed by atoms with Gasteiger partial charge in [0.25, 0.3) is 0 Å². The van der Waals surface area contributed by atoms with Crippen molar-refractivity contribution in [3.05, 3.63) is 28.2 Å². The lowest BCUT2D eigenvalue weighted by atomic mass is 10.1. The lowest BCUT2D eigenvalue weighted by Crippen LogP contribution is -2.22.